The summed E-state index contributed by atoms with van der Waals surface area (Å²) < 4.78 is 10.7. The molecule has 1 aromatic heterocycles. The van der Waals surface area contributed by atoms with Gasteiger partial charge in [0.15, 0.2) is 5.13 Å². The molecular formula is C20H19ClN2O3S. The lowest BCUT2D eigenvalue weighted by Crippen LogP contribution is -2.12. The Morgan fingerprint density at radius 1 is 1.19 bits per heavy atom. The van der Waals surface area contributed by atoms with Crippen LogP contribution in [0.3, 0.4) is 0 Å². The number of methoxy groups -OCH3 is 1. The summed E-state index contributed by atoms with van der Waals surface area (Å²) in [6.45, 7) is 3.91. The van der Waals surface area contributed by atoms with E-state index in [4.69, 9.17) is 21.1 Å². The number of halogens is 1. The van der Waals surface area contributed by atoms with Crippen molar-refractivity contribution in [2.24, 2.45) is 0 Å². The van der Waals surface area contributed by atoms with Crippen molar-refractivity contribution in [1.29, 1.82) is 0 Å². The molecule has 3 rings (SSSR count). The minimum absolute atomic E-state index is 0.0878. The van der Waals surface area contributed by atoms with E-state index in [0.717, 1.165) is 17.0 Å². The number of thiazole rings is 1. The molecule has 0 aliphatic heterocycles. The molecule has 7 heteroatoms. The van der Waals surface area contributed by atoms with Crippen LogP contribution < -0.4 is 14.8 Å². The van der Waals surface area contributed by atoms with Crippen molar-refractivity contribution in [1.82, 2.24) is 4.98 Å². The molecule has 0 aliphatic carbocycles. The monoisotopic (exact) mass is 402 g/mol. The zero-order chi connectivity index (χ0) is 19.4. The summed E-state index contributed by atoms with van der Waals surface area (Å²) in [6.07, 6.45) is 0.0878. The second-order valence-electron chi connectivity index (χ2n) is 6.03. The molecule has 0 aliphatic rings. The molecule has 0 saturated heterocycles. The van der Waals surface area contributed by atoms with Crippen LogP contribution in [0.1, 0.15) is 24.2 Å². The minimum atomic E-state index is -0.222. The average molecular weight is 403 g/mol. The van der Waals surface area contributed by atoms with E-state index in [2.05, 4.69) is 10.3 Å². The van der Waals surface area contributed by atoms with E-state index in [9.17, 15) is 4.79 Å². The molecule has 0 saturated carbocycles. The highest BCUT2D eigenvalue weighted by molar-refractivity contribution is 7.14. The van der Waals surface area contributed by atoms with E-state index < -0.39 is 0 Å². The van der Waals surface area contributed by atoms with Crippen LogP contribution in [0.4, 0.5) is 5.13 Å². The van der Waals surface area contributed by atoms with E-state index in [0.29, 0.717) is 21.5 Å². The van der Waals surface area contributed by atoms with Gasteiger partial charge in [-0.25, -0.2) is 4.98 Å². The first kappa shape index (κ1) is 19.2. The Labute approximate surface area is 166 Å². The lowest BCUT2D eigenvalue weighted by molar-refractivity contribution is 0.102. The molecule has 0 bridgehead atoms. The van der Waals surface area contributed by atoms with Crippen LogP contribution in [-0.4, -0.2) is 24.1 Å². The van der Waals surface area contributed by atoms with Crippen LogP contribution in [0, 0.1) is 0 Å². The number of hydrogen-bond acceptors (Lipinski definition) is 5. The van der Waals surface area contributed by atoms with Gasteiger partial charge >= 0.3 is 0 Å². The minimum Gasteiger partial charge on any atom is -0.495 e. The number of ether oxygens (including phenoxy) is 2. The molecule has 0 unspecified atom stereocenters. The molecule has 5 nitrogen and oxygen atoms in total. The Morgan fingerprint density at radius 3 is 2.56 bits per heavy atom. The third kappa shape index (κ3) is 4.78. The highest BCUT2D eigenvalue weighted by Gasteiger charge is 2.12. The highest BCUT2D eigenvalue weighted by Crippen LogP contribution is 2.31. The summed E-state index contributed by atoms with van der Waals surface area (Å²) >= 11 is 7.52. The Hall–Kier alpha value is -2.57. The first-order chi connectivity index (χ1) is 13.0. The zero-order valence-electron chi connectivity index (χ0n) is 15.2. The Balaban J connectivity index is 1.70. The predicted octanol–water partition coefficient (Wildman–Crippen LogP) is 5.51. The van der Waals surface area contributed by atoms with Crippen LogP contribution in [0.5, 0.6) is 11.5 Å². The summed E-state index contributed by atoms with van der Waals surface area (Å²) in [5.41, 5.74) is 2.13. The maximum absolute atomic E-state index is 12.4. The van der Waals surface area contributed by atoms with Gasteiger partial charge in [0, 0.05) is 16.5 Å². The number of nitrogens with one attached hydrogen (secondary N) is 1. The van der Waals surface area contributed by atoms with Gasteiger partial charge in [0.25, 0.3) is 5.91 Å². The number of anilines is 1. The lowest BCUT2D eigenvalue weighted by atomic mass is 10.2. The number of carbonyl (C=O) groups is 1. The lowest BCUT2D eigenvalue weighted by Gasteiger charge is -2.09. The number of rotatable bonds is 6. The molecule has 3 aromatic rings. The molecule has 0 radical (unpaired) electrons. The molecule has 0 atom stereocenters. The van der Waals surface area contributed by atoms with Gasteiger partial charge in [0.2, 0.25) is 0 Å². The van der Waals surface area contributed by atoms with Crippen molar-refractivity contribution in [3.8, 4) is 22.8 Å². The van der Waals surface area contributed by atoms with Crippen molar-refractivity contribution in [3.63, 3.8) is 0 Å². The molecule has 140 valence electrons. The maximum Gasteiger partial charge on any atom is 0.257 e. The maximum atomic E-state index is 12.4. The van der Waals surface area contributed by atoms with E-state index in [1.165, 1.54) is 11.3 Å². The number of benzene rings is 2. The number of carbonyl (C=O) groups excluding carboxylic acids is 1. The molecule has 1 heterocycles. The fraction of sp³-hybridized carbons (Fsp3) is 0.200. The van der Waals surface area contributed by atoms with Crippen molar-refractivity contribution < 1.29 is 14.3 Å². The molecule has 2 aromatic carbocycles. The summed E-state index contributed by atoms with van der Waals surface area (Å²) in [6, 6.07) is 12.5. The van der Waals surface area contributed by atoms with Crippen molar-refractivity contribution in [3.05, 3.63) is 58.4 Å². The summed E-state index contributed by atoms with van der Waals surface area (Å²) in [4.78, 5) is 16.9. The van der Waals surface area contributed by atoms with Gasteiger partial charge in [-0.3, -0.25) is 10.1 Å². The normalized spacial score (nSPS) is 10.7. The first-order valence-electron chi connectivity index (χ1n) is 8.34. The highest BCUT2D eigenvalue weighted by atomic mass is 35.5. The summed E-state index contributed by atoms with van der Waals surface area (Å²) in [5, 5.41) is 5.71. The standard InChI is InChI=1S/C20H19ClN2O3S/c1-12(2)26-15-7-4-13(5-8-15)19(24)23-20-22-17(11-27-20)14-6-9-18(25-3)16(21)10-14/h4-12H,1-3H3,(H,22,23,24). The van der Waals surface area contributed by atoms with Gasteiger partial charge in [-0.2, -0.15) is 0 Å². The number of nitrogens with zero attached hydrogens (tertiary/aromatic N) is 1. The fourth-order valence-corrected chi connectivity index (χ4v) is 3.39. The fourth-order valence-electron chi connectivity index (χ4n) is 2.42. The second kappa shape index (κ2) is 8.41. The molecule has 0 fully saturated rings. The molecule has 0 spiro atoms. The van der Waals surface area contributed by atoms with Crippen LogP contribution in [-0.2, 0) is 0 Å². The number of hydrogen-bond donors (Lipinski definition) is 1. The van der Waals surface area contributed by atoms with Gasteiger partial charge in [-0.15, -0.1) is 11.3 Å². The Bertz CT molecular complexity index is 939. The van der Waals surface area contributed by atoms with Gasteiger partial charge in [-0.05, 0) is 56.3 Å². The molecule has 1 amide bonds. The molecular weight excluding hydrogens is 384 g/mol. The topological polar surface area (TPSA) is 60.5 Å². The molecule has 27 heavy (non-hydrogen) atoms. The third-order valence-corrected chi connectivity index (χ3v) is 4.71. The van der Waals surface area contributed by atoms with Gasteiger partial charge in [-0.1, -0.05) is 11.6 Å². The van der Waals surface area contributed by atoms with Crippen LogP contribution in [0.2, 0.25) is 5.02 Å². The SMILES string of the molecule is COc1ccc(-c2csc(NC(=O)c3ccc(OC(C)C)cc3)n2)cc1Cl. The van der Waals surface area contributed by atoms with Crippen LogP contribution >= 0.6 is 22.9 Å². The Kier molecular flexibility index (Phi) is 5.98. The quantitative estimate of drug-likeness (QED) is 0.590. The van der Waals surface area contributed by atoms with Crippen LogP contribution in [0.15, 0.2) is 47.8 Å². The van der Waals surface area contributed by atoms with Crippen LogP contribution in [0.25, 0.3) is 11.3 Å². The summed E-state index contributed by atoms with van der Waals surface area (Å²) in [7, 11) is 1.57. The van der Waals surface area contributed by atoms with E-state index in [-0.39, 0.29) is 12.0 Å². The second-order valence-corrected chi connectivity index (χ2v) is 7.30. The average Bonchev–Trinajstić information content (AvgIpc) is 3.10. The van der Waals surface area contributed by atoms with E-state index in [1.54, 1.807) is 43.5 Å². The third-order valence-electron chi connectivity index (χ3n) is 3.66. The first-order valence-corrected chi connectivity index (χ1v) is 9.59. The van der Waals surface area contributed by atoms with E-state index >= 15 is 0 Å². The van der Waals surface area contributed by atoms with Gasteiger partial charge < -0.3 is 9.47 Å². The summed E-state index contributed by atoms with van der Waals surface area (Å²) in [5.74, 6) is 1.11. The largest absolute Gasteiger partial charge is 0.495 e. The van der Waals surface area contributed by atoms with Gasteiger partial charge in [0.05, 0.1) is 23.9 Å². The van der Waals surface area contributed by atoms with Crippen molar-refractivity contribution >= 4 is 34.0 Å². The zero-order valence-corrected chi connectivity index (χ0v) is 16.7. The van der Waals surface area contributed by atoms with E-state index in [1.807, 2.05) is 25.3 Å². The van der Waals surface area contributed by atoms with Crippen molar-refractivity contribution in [2.45, 2.75) is 20.0 Å². The smallest absolute Gasteiger partial charge is 0.257 e. The van der Waals surface area contributed by atoms with Crippen molar-refractivity contribution in [2.75, 3.05) is 12.4 Å². The van der Waals surface area contributed by atoms with Gasteiger partial charge in [0.1, 0.15) is 11.5 Å². The number of amides is 1. The Morgan fingerprint density at radius 2 is 1.93 bits per heavy atom. The number of aromatic nitrogens is 1. The molecule has 1 N–H and O–H groups in total. The predicted molar refractivity (Wildman–Crippen MR) is 109 cm³/mol.